The van der Waals surface area contributed by atoms with Crippen molar-refractivity contribution in [1.82, 2.24) is 4.90 Å². The van der Waals surface area contributed by atoms with E-state index in [9.17, 15) is 4.79 Å². The van der Waals surface area contributed by atoms with Gasteiger partial charge in [-0.15, -0.1) is 0 Å². The maximum absolute atomic E-state index is 11.5. The van der Waals surface area contributed by atoms with E-state index in [-0.39, 0.29) is 11.9 Å². The van der Waals surface area contributed by atoms with Crippen molar-refractivity contribution >= 4 is 5.91 Å². The molecule has 1 heterocycles. The number of hydrogen-bond donors (Lipinski definition) is 1. The molecule has 100 valence electrons. The molecule has 3 heteroatoms. The Bertz CT molecular complexity index is 218. The van der Waals surface area contributed by atoms with Crippen LogP contribution in [0.3, 0.4) is 0 Å². The van der Waals surface area contributed by atoms with E-state index >= 15 is 0 Å². The number of likely N-dealkylation sites (tertiary alicyclic amines) is 1. The molecule has 1 aliphatic heterocycles. The normalized spacial score (nSPS) is 20.2. The Kier molecular flexibility index (Phi) is 7.25. The zero-order chi connectivity index (χ0) is 12.5. The summed E-state index contributed by atoms with van der Waals surface area (Å²) in [6.07, 6.45) is 11.4. The fraction of sp³-hybridized carbons (Fsp3) is 0.929. The second kappa shape index (κ2) is 8.51. The van der Waals surface area contributed by atoms with Crippen LogP contribution in [0.25, 0.3) is 0 Å². The van der Waals surface area contributed by atoms with Crippen LogP contribution in [0.15, 0.2) is 0 Å². The first-order valence-corrected chi connectivity index (χ1v) is 7.30. The van der Waals surface area contributed by atoms with Crippen LogP contribution in [0.5, 0.6) is 0 Å². The molecule has 0 aromatic rings. The minimum atomic E-state index is -0.218. The lowest BCUT2D eigenvalue weighted by Crippen LogP contribution is -2.34. The molecule has 0 bridgehead atoms. The quantitative estimate of drug-likeness (QED) is 0.630. The minimum Gasteiger partial charge on any atom is -0.341 e. The van der Waals surface area contributed by atoms with E-state index in [0.29, 0.717) is 0 Å². The Morgan fingerprint density at radius 1 is 1.12 bits per heavy atom. The number of nitrogens with zero attached hydrogens (tertiary/aromatic N) is 1. The maximum Gasteiger partial charge on any atom is 0.239 e. The molecule has 0 aliphatic carbocycles. The topological polar surface area (TPSA) is 46.3 Å². The van der Waals surface area contributed by atoms with Crippen molar-refractivity contribution < 1.29 is 4.79 Å². The first kappa shape index (κ1) is 14.5. The number of carbonyl (C=O) groups excluding carboxylic acids is 1. The Morgan fingerprint density at radius 3 is 2.24 bits per heavy atom. The number of hydrogen-bond acceptors (Lipinski definition) is 2. The summed E-state index contributed by atoms with van der Waals surface area (Å²) in [6.45, 7) is 4.04. The summed E-state index contributed by atoms with van der Waals surface area (Å²) in [4.78, 5) is 13.5. The SMILES string of the molecule is CCCCCCCCCCN1CCC(N)C1=O. The number of nitrogens with two attached hydrogens (primary N) is 1. The highest BCUT2D eigenvalue weighted by molar-refractivity contribution is 5.83. The van der Waals surface area contributed by atoms with Gasteiger partial charge in [-0.3, -0.25) is 4.79 Å². The van der Waals surface area contributed by atoms with E-state index in [4.69, 9.17) is 5.73 Å². The smallest absolute Gasteiger partial charge is 0.239 e. The van der Waals surface area contributed by atoms with Crippen LogP contribution < -0.4 is 5.73 Å². The Hall–Kier alpha value is -0.570. The number of rotatable bonds is 9. The van der Waals surface area contributed by atoms with Crippen LogP contribution in [0.2, 0.25) is 0 Å². The summed E-state index contributed by atoms with van der Waals surface area (Å²) in [5.41, 5.74) is 5.68. The largest absolute Gasteiger partial charge is 0.341 e. The Morgan fingerprint density at radius 2 is 1.71 bits per heavy atom. The van der Waals surface area contributed by atoms with Gasteiger partial charge in [-0.25, -0.2) is 0 Å². The van der Waals surface area contributed by atoms with Crippen LogP contribution in [0.4, 0.5) is 0 Å². The standard InChI is InChI=1S/C14H28N2O/c1-2-3-4-5-6-7-8-9-11-16-12-10-13(15)14(16)17/h13H,2-12,15H2,1H3. The molecule has 0 radical (unpaired) electrons. The molecular weight excluding hydrogens is 212 g/mol. The van der Waals surface area contributed by atoms with Gasteiger partial charge in [0.2, 0.25) is 5.91 Å². The van der Waals surface area contributed by atoms with Crippen LogP contribution >= 0.6 is 0 Å². The third-order valence-corrected chi connectivity index (χ3v) is 3.62. The monoisotopic (exact) mass is 240 g/mol. The average Bonchev–Trinajstić information content (AvgIpc) is 2.64. The summed E-state index contributed by atoms with van der Waals surface area (Å²) >= 11 is 0. The van der Waals surface area contributed by atoms with E-state index in [0.717, 1.165) is 25.9 Å². The van der Waals surface area contributed by atoms with Gasteiger partial charge in [0.05, 0.1) is 6.04 Å². The fourth-order valence-corrected chi connectivity index (χ4v) is 2.42. The van der Waals surface area contributed by atoms with Gasteiger partial charge in [-0.2, -0.15) is 0 Å². The predicted octanol–water partition coefficient (Wildman–Crippen LogP) is 2.69. The molecule has 0 spiro atoms. The van der Waals surface area contributed by atoms with Crippen molar-refractivity contribution in [3.05, 3.63) is 0 Å². The Balaban J connectivity index is 1.89. The molecule has 1 aliphatic rings. The van der Waals surface area contributed by atoms with Crippen LogP contribution in [0.1, 0.15) is 64.7 Å². The second-order valence-corrected chi connectivity index (χ2v) is 5.20. The second-order valence-electron chi connectivity index (χ2n) is 5.20. The van der Waals surface area contributed by atoms with Crippen molar-refractivity contribution in [3.63, 3.8) is 0 Å². The number of amides is 1. The van der Waals surface area contributed by atoms with Crippen molar-refractivity contribution in [2.75, 3.05) is 13.1 Å². The molecule has 17 heavy (non-hydrogen) atoms. The number of unbranched alkanes of at least 4 members (excludes halogenated alkanes) is 7. The first-order valence-electron chi connectivity index (χ1n) is 7.30. The van der Waals surface area contributed by atoms with Crippen LogP contribution in [-0.2, 0) is 4.79 Å². The van der Waals surface area contributed by atoms with Gasteiger partial charge in [-0.1, -0.05) is 51.9 Å². The van der Waals surface area contributed by atoms with Gasteiger partial charge in [0.1, 0.15) is 0 Å². The van der Waals surface area contributed by atoms with Crippen LogP contribution in [0, 0.1) is 0 Å². The van der Waals surface area contributed by atoms with Crippen molar-refractivity contribution in [3.8, 4) is 0 Å². The van der Waals surface area contributed by atoms with Gasteiger partial charge in [0.15, 0.2) is 0 Å². The molecule has 0 aromatic heterocycles. The van der Waals surface area contributed by atoms with E-state index in [2.05, 4.69) is 6.92 Å². The third-order valence-electron chi connectivity index (χ3n) is 3.62. The molecule has 2 N–H and O–H groups in total. The lowest BCUT2D eigenvalue weighted by Gasteiger charge is -2.15. The zero-order valence-electron chi connectivity index (χ0n) is 11.3. The molecular formula is C14H28N2O. The predicted molar refractivity (Wildman–Crippen MR) is 71.8 cm³/mol. The average molecular weight is 240 g/mol. The summed E-state index contributed by atoms with van der Waals surface area (Å²) in [6, 6.07) is -0.218. The lowest BCUT2D eigenvalue weighted by atomic mass is 10.1. The molecule has 1 rings (SSSR count). The van der Waals surface area contributed by atoms with E-state index in [1.807, 2.05) is 4.90 Å². The highest BCUT2D eigenvalue weighted by atomic mass is 16.2. The van der Waals surface area contributed by atoms with E-state index in [1.54, 1.807) is 0 Å². The van der Waals surface area contributed by atoms with Gasteiger partial charge in [0.25, 0.3) is 0 Å². The van der Waals surface area contributed by atoms with Gasteiger partial charge >= 0.3 is 0 Å². The van der Waals surface area contributed by atoms with Gasteiger partial charge in [-0.05, 0) is 12.8 Å². The zero-order valence-corrected chi connectivity index (χ0v) is 11.3. The van der Waals surface area contributed by atoms with E-state index < -0.39 is 0 Å². The third kappa shape index (κ3) is 5.53. The summed E-state index contributed by atoms with van der Waals surface area (Å²) in [7, 11) is 0. The first-order chi connectivity index (χ1) is 8.25. The van der Waals surface area contributed by atoms with Crippen molar-refractivity contribution in [2.45, 2.75) is 70.8 Å². The summed E-state index contributed by atoms with van der Waals surface area (Å²) in [5.74, 6) is 0.160. The molecule has 3 nitrogen and oxygen atoms in total. The molecule has 1 amide bonds. The van der Waals surface area contributed by atoms with Crippen LogP contribution in [-0.4, -0.2) is 29.9 Å². The molecule has 0 aromatic carbocycles. The molecule has 1 unspecified atom stereocenters. The highest BCUT2D eigenvalue weighted by Gasteiger charge is 2.27. The molecule has 1 atom stereocenters. The molecule has 1 saturated heterocycles. The van der Waals surface area contributed by atoms with Gasteiger partial charge in [0, 0.05) is 13.1 Å². The lowest BCUT2D eigenvalue weighted by molar-refractivity contribution is -0.128. The summed E-state index contributed by atoms with van der Waals surface area (Å²) < 4.78 is 0. The number of carbonyl (C=O) groups is 1. The van der Waals surface area contributed by atoms with Gasteiger partial charge < -0.3 is 10.6 Å². The minimum absolute atomic E-state index is 0.160. The van der Waals surface area contributed by atoms with Crippen molar-refractivity contribution in [1.29, 1.82) is 0 Å². The molecule has 1 fully saturated rings. The van der Waals surface area contributed by atoms with E-state index in [1.165, 1.54) is 44.9 Å². The fourth-order valence-electron chi connectivity index (χ4n) is 2.42. The van der Waals surface area contributed by atoms with Crippen molar-refractivity contribution in [2.24, 2.45) is 5.73 Å². The summed E-state index contributed by atoms with van der Waals surface area (Å²) in [5, 5.41) is 0. The maximum atomic E-state index is 11.5. The Labute approximate surface area is 106 Å². The molecule has 0 saturated carbocycles. The highest BCUT2D eigenvalue weighted by Crippen LogP contribution is 2.12.